The van der Waals surface area contributed by atoms with Crippen LogP contribution in [0.3, 0.4) is 0 Å². The molecular formula is C18H20WY2-4. The Balaban J connectivity index is -0.000000621. The minimum atomic E-state index is 0. The van der Waals surface area contributed by atoms with Crippen molar-refractivity contribution in [1.29, 1.82) is 0 Å². The zero-order chi connectivity index (χ0) is 13.2. The summed E-state index contributed by atoms with van der Waals surface area (Å²) >= 11 is 0. The van der Waals surface area contributed by atoms with Gasteiger partial charge in [0, 0.05) is 86.5 Å². The van der Waals surface area contributed by atoms with Crippen LogP contribution in [0.25, 0.3) is 0 Å². The first-order chi connectivity index (χ1) is 8.84. The van der Waals surface area contributed by atoms with E-state index in [1.807, 2.05) is 24.3 Å². The Kier molecular flexibility index (Phi) is 22.9. The second-order valence-electron chi connectivity index (χ2n) is 4.13. The van der Waals surface area contributed by atoms with Crippen LogP contribution in [-0.2, 0) is 99.3 Å². The molecule has 108 valence electrons. The molecule has 2 aromatic rings. The molecule has 0 aliphatic carbocycles. The average Bonchev–Trinajstić information content (AvgIpc) is 2.43. The Morgan fingerprint density at radius 2 is 1.29 bits per heavy atom. The number of rotatable bonds is 4. The van der Waals surface area contributed by atoms with Gasteiger partial charge in [-0.25, -0.2) is 0 Å². The first-order valence-electron chi connectivity index (χ1n) is 6.26. The fourth-order valence-corrected chi connectivity index (χ4v) is 1.84. The van der Waals surface area contributed by atoms with Crippen molar-refractivity contribution in [2.24, 2.45) is 0 Å². The van der Waals surface area contributed by atoms with Gasteiger partial charge >= 0.3 is 0 Å². The van der Waals surface area contributed by atoms with Crippen molar-refractivity contribution in [3.8, 4) is 0 Å². The first-order valence-corrected chi connectivity index (χ1v) is 6.26. The predicted octanol–water partition coefficient (Wildman–Crippen LogP) is 4.50. The Labute approximate surface area is 195 Å². The van der Waals surface area contributed by atoms with Crippen molar-refractivity contribution < 1.29 is 86.5 Å². The van der Waals surface area contributed by atoms with Crippen molar-refractivity contribution in [2.75, 3.05) is 0 Å². The van der Waals surface area contributed by atoms with E-state index in [-0.39, 0.29) is 86.5 Å². The molecule has 0 saturated carbocycles. The van der Waals surface area contributed by atoms with Crippen LogP contribution in [0.2, 0.25) is 0 Å². The van der Waals surface area contributed by atoms with Gasteiger partial charge in [-0.3, -0.25) is 0 Å². The molecule has 0 nitrogen and oxygen atoms in total. The van der Waals surface area contributed by atoms with Crippen LogP contribution in [0.15, 0.2) is 48.5 Å². The van der Waals surface area contributed by atoms with Crippen LogP contribution in [0.1, 0.15) is 25.0 Å². The molecule has 21 heavy (non-hydrogen) atoms. The zero-order valence-electron chi connectivity index (χ0n) is 12.8. The van der Waals surface area contributed by atoms with Gasteiger partial charge in [-0.1, -0.05) is 0 Å². The molecule has 2 rings (SSSR count). The van der Waals surface area contributed by atoms with E-state index < -0.39 is 0 Å². The summed E-state index contributed by atoms with van der Waals surface area (Å²) < 4.78 is 0. The molecule has 2 aromatic carbocycles. The molecule has 0 unspecified atom stereocenters. The molecule has 3 heteroatoms. The number of hydrogen-bond acceptors (Lipinski definition) is 0. The second-order valence-corrected chi connectivity index (χ2v) is 4.13. The van der Waals surface area contributed by atoms with Gasteiger partial charge in [-0.2, -0.15) is 98.5 Å². The van der Waals surface area contributed by atoms with Crippen molar-refractivity contribution in [2.45, 2.75) is 26.7 Å². The van der Waals surface area contributed by atoms with E-state index in [0.29, 0.717) is 0 Å². The third-order valence-electron chi connectivity index (χ3n) is 2.55. The maximum Gasteiger partial charge on any atom is 0 e. The van der Waals surface area contributed by atoms with E-state index in [1.165, 1.54) is 17.0 Å². The Morgan fingerprint density at radius 3 is 1.57 bits per heavy atom. The molecule has 0 N–H and O–H groups in total. The third-order valence-corrected chi connectivity index (χ3v) is 2.55. The zero-order valence-corrected chi connectivity index (χ0v) is 21.4. The van der Waals surface area contributed by atoms with E-state index >= 15 is 0 Å². The van der Waals surface area contributed by atoms with E-state index in [1.54, 1.807) is 6.92 Å². The molecule has 0 aromatic heterocycles. The Bertz CT molecular complexity index is 376. The fourth-order valence-electron chi connectivity index (χ4n) is 1.84. The largest absolute Gasteiger partial charge is 0.346 e. The summed E-state index contributed by atoms with van der Waals surface area (Å²) in [5.74, 6) is 1.47. The summed E-state index contributed by atoms with van der Waals surface area (Å²) in [6, 6.07) is 22.6. The summed E-state index contributed by atoms with van der Waals surface area (Å²) in [5, 5.41) is 0. The van der Waals surface area contributed by atoms with E-state index in [0.717, 1.165) is 12.8 Å². The monoisotopic (exact) mass is 598 g/mol. The molecule has 2 radical (unpaired) electrons. The summed E-state index contributed by atoms with van der Waals surface area (Å²) in [6.07, 6.45) is 2.07. The van der Waals surface area contributed by atoms with Crippen LogP contribution in [0.5, 0.6) is 0 Å². The Hall–Kier alpha value is 1.34. The molecular weight excluding hydrogens is 578 g/mol. The van der Waals surface area contributed by atoms with Gasteiger partial charge in [-0.15, -0.1) is 0 Å². The van der Waals surface area contributed by atoms with Crippen LogP contribution in [0.4, 0.5) is 0 Å². The number of hydrogen-bond donors (Lipinski definition) is 0. The van der Waals surface area contributed by atoms with E-state index in [2.05, 4.69) is 50.2 Å². The van der Waals surface area contributed by atoms with Crippen molar-refractivity contribution in [1.82, 2.24) is 0 Å². The van der Waals surface area contributed by atoms with Crippen LogP contribution in [0, 0.1) is 25.0 Å². The summed E-state index contributed by atoms with van der Waals surface area (Å²) in [5.41, 5.74) is 2.67. The molecule has 0 heterocycles. The van der Waals surface area contributed by atoms with Gasteiger partial charge < -0.3 is 12.8 Å². The van der Waals surface area contributed by atoms with Crippen LogP contribution < -0.4 is 0 Å². The van der Waals surface area contributed by atoms with Crippen molar-refractivity contribution >= 4 is 0 Å². The van der Waals surface area contributed by atoms with Gasteiger partial charge in [0.2, 0.25) is 0 Å². The van der Waals surface area contributed by atoms with Gasteiger partial charge in [0.05, 0.1) is 0 Å². The topological polar surface area (TPSA) is 0 Å². The molecule has 0 spiro atoms. The van der Waals surface area contributed by atoms with Crippen molar-refractivity contribution in [3.63, 3.8) is 0 Å². The van der Waals surface area contributed by atoms with Crippen LogP contribution in [-0.4, -0.2) is 0 Å². The second kappa shape index (κ2) is 17.7. The fraction of sp³-hybridized carbons (Fsp3) is 0.222. The minimum Gasteiger partial charge on any atom is -0.346 e. The number of benzene rings is 2. The normalized spacial score (nSPS) is 8.38. The van der Waals surface area contributed by atoms with E-state index in [9.17, 15) is 0 Å². The molecule has 0 atom stereocenters. The van der Waals surface area contributed by atoms with Crippen LogP contribution >= 0.6 is 0 Å². The standard InChI is InChI=1S/C16H15.C2H5.W.2Y/c1-14(12-15-8-4-2-5-9-15)13-16-10-6-3-7-11-16;1-2;;;/h2-4,6,8-11H,12-13H2,1H3;1H2,2H3;;;/q-3;-1;;;. The first kappa shape index (κ1) is 27.2. The third kappa shape index (κ3) is 12.4. The average molecular weight is 598 g/mol. The minimum absolute atomic E-state index is 0. The molecule has 0 saturated heterocycles. The predicted molar refractivity (Wildman–Crippen MR) is 77.9 cm³/mol. The van der Waals surface area contributed by atoms with Crippen molar-refractivity contribution in [3.05, 3.63) is 84.6 Å². The maximum atomic E-state index is 3.25. The summed E-state index contributed by atoms with van der Waals surface area (Å²) in [7, 11) is 0. The molecule has 0 bridgehead atoms. The molecule has 0 aliphatic rings. The maximum absolute atomic E-state index is 3.25. The molecule has 0 amide bonds. The van der Waals surface area contributed by atoms with Gasteiger partial charge in [0.1, 0.15) is 0 Å². The summed E-state index contributed by atoms with van der Waals surface area (Å²) in [6.45, 7) is 7.21. The summed E-state index contributed by atoms with van der Waals surface area (Å²) in [4.78, 5) is 0. The van der Waals surface area contributed by atoms with Gasteiger partial charge in [0.25, 0.3) is 0 Å². The Morgan fingerprint density at radius 1 is 0.905 bits per heavy atom. The van der Waals surface area contributed by atoms with E-state index in [4.69, 9.17) is 0 Å². The molecule has 0 fully saturated rings. The van der Waals surface area contributed by atoms with Gasteiger partial charge in [-0.05, 0) is 0 Å². The van der Waals surface area contributed by atoms with Gasteiger partial charge in [0.15, 0.2) is 0 Å². The smallest absolute Gasteiger partial charge is 0 e. The molecule has 0 aliphatic heterocycles. The quantitative estimate of drug-likeness (QED) is 0.456. The SMILES string of the molecule is C[C-](Cc1c[c-]ccc1)Cc1c[c-]ccc1.[CH2-]C.[W].[Y].[Y].